The number of carbonyl (C=O) groups excluding carboxylic acids is 3. The molecule has 0 radical (unpaired) electrons. The van der Waals surface area contributed by atoms with Crippen LogP contribution in [-0.4, -0.2) is 48.5 Å². The first-order valence-electron chi connectivity index (χ1n) is 10.7. The largest absolute Gasteiger partial charge is 0.490 e. The first kappa shape index (κ1) is 20.5. The topological polar surface area (TPSA) is 97.0 Å². The molecule has 8 nitrogen and oxygen atoms in total. The number of fused-ring (bicyclic) bond motifs is 1. The molecule has 1 saturated carbocycles. The summed E-state index contributed by atoms with van der Waals surface area (Å²) in [7, 11) is 0. The summed E-state index contributed by atoms with van der Waals surface area (Å²) in [5.41, 5.74) is -0.670. The molecule has 1 aromatic carbocycles. The fraction of sp³-hybridized carbons (Fsp3) is 0.591. The maximum absolute atomic E-state index is 13.1. The maximum atomic E-state index is 13.1. The molecule has 162 valence electrons. The van der Waals surface area contributed by atoms with Crippen LogP contribution in [0.25, 0.3) is 0 Å². The standard InChI is InChI=1S/C22H29N3O5/c1-14-4-7-16(8-5-14)23-19(26)13-25-20(27)22(2,24-21(25)28)15-6-9-17-18(12-15)30-11-3-10-29-17/h6,9,12,14,16H,3-5,7-8,10-11,13H2,1-2H3,(H,23,26)(H,24,28). The van der Waals surface area contributed by atoms with Crippen LogP contribution in [0.2, 0.25) is 0 Å². The maximum Gasteiger partial charge on any atom is 0.325 e. The highest BCUT2D eigenvalue weighted by atomic mass is 16.5. The molecule has 0 bridgehead atoms. The lowest BCUT2D eigenvalue weighted by Gasteiger charge is -2.27. The van der Waals surface area contributed by atoms with Gasteiger partial charge >= 0.3 is 6.03 Å². The van der Waals surface area contributed by atoms with E-state index in [-0.39, 0.29) is 18.5 Å². The normalized spacial score (nSPS) is 28.7. The summed E-state index contributed by atoms with van der Waals surface area (Å²) < 4.78 is 11.4. The number of nitrogens with one attached hydrogen (secondary N) is 2. The van der Waals surface area contributed by atoms with Crippen LogP contribution >= 0.6 is 0 Å². The van der Waals surface area contributed by atoms with E-state index in [2.05, 4.69) is 17.6 Å². The average molecular weight is 415 g/mol. The van der Waals surface area contributed by atoms with Crippen molar-refractivity contribution in [3.05, 3.63) is 23.8 Å². The molecule has 30 heavy (non-hydrogen) atoms. The van der Waals surface area contributed by atoms with Gasteiger partial charge in [0.25, 0.3) is 5.91 Å². The van der Waals surface area contributed by atoms with E-state index in [1.165, 1.54) is 0 Å². The van der Waals surface area contributed by atoms with Crippen LogP contribution in [0.15, 0.2) is 18.2 Å². The van der Waals surface area contributed by atoms with E-state index in [9.17, 15) is 14.4 Å². The highest BCUT2D eigenvalue weighted by Gasteiger charge is 2.49. The van der Waals surface area contributed by atoms with Crippen LogP contribution in [0, 0.1) is 5.92 Å². The highest BCUT2D eigenvalue weighted by Crippen LogP contribution is 2.36. The van der Waals surface area contributed by atoms with Gasteiger partial charge in [-0.1, -0.05) is 13.0 Å². The van der Waals surface area contributed by atoms with Gasteiger partial charge in [0.05, 0.1) is 13.2 Å². The van der Waals surface area contributed by atoms with Gasteiger partial charge in [-0.2, -0.15) is 0 Å². The van der Waals surface area contributed by atoms with Crippen LogP contribution in [0.3, 0.4) is 0 Å². The molecule has 1 saturated heterocycles. The molecule has 1 atom stereocenters. The van der Waals surface area contributed by atoms with Crippen LogP contribution in [0.5, 0.6) is 11.5 Å². The van der Waals surface area contributed by atoms with Crippen molar-refractivity contribution in [1.82, 2.24) is 15.5 Å². The predicted molar refractivity (Wildman–Crippen MR) is 109 cm³/mol. The Morgan fingerprint density at radius 1 is 1.17 bits per heavy atom. The third-order valence-electron chi connectivity index (χ3n) is 6.28. The Labute approximate surface area is 176 Å². The van der Waals surface area contributed by atoms with E-state index in [0.717, 1.165) is 37.0 Å². The van der Waals surface area contributed by atoms with Crippen molar-refractivity contribution >= 4 is 17.8 Å². The van der Waals surface area contributed by atoms with Crippen molar-refractivity contribution in [2.45, 2.75) is 57.5 Å². The molecule has 1 aliphatic carbocycles. The number of ether oxygens (including phenoxy) is 2. The summed E-state index contributed by atoms with van der Waals surface area (Å²) >= 11 is 0. The molecule has 4 rings (SSSR count). The monoisotopic (exact) mass is 415 g/mol. The van der Waals surface area contributed by atoms with E-state index in [0.29, 0.717) is 36.2 Å². The summed E-state index contributed by atoms with van der Waals surface area (Å²) in [6, 6.07) is 4.77. The number of hydrogen-bond donors (Lipinski definition) is 2. The molecule has 1 unspecified atom stereocenters. The van der Waals surface area contributed by atoms with Crippen LogP contribution in [-0.2, 0) is 15.1 Å². The number of nitrogens with zero attached hydrogens (tertiary/aromatic N) is 1. The Kier molecular flexibility index (Phi) is 5.58. The molecular formula is C22H29N3O5. The van der Waals surface area contributed by atoms with Crippen molar-refractivity contribution in [3.63, 3.8) is 0 Å². The quantitative estimate of drug-likeness (QED) is 0.736. The Morgan fingerprint density at radius 2 is 1.87 bits per heavy atom. The molecule has 8 heteroatoms. The van der Waals surface area contributed by atoms with Crippen LogP contribution in [0.1, 0.15) is 51.5 Å². The minimum absolute atomic E-state index is 0.113. The zero-order valence-corrected chi connectivity index (χ0v) is 17.5. The second-order valence-electron chi connectivity index (χ2n) is 8.68. The summed E-state index contributed by atoms with van der Waals surface area (Å²) in [4.78, 5) is 39.2. The molecule has 3 aliphatic rings. The fourth-order valence-electron chi connectivity index (χ4n) is 4.33. The van der Waals surface area contributed by atoms with Crippen molar-refractivity contribution < 1.29 is 23.9 Å². The van der Waals surface area contributed by atoms with Gasteiger partial charge < -0.3 is 20.1 Å². The zero-order valence-electron chi connectivity index (χ0n) is 17.5. The third kappa shape index (κ3) is 3.95. The molecule has 4 amide bonds. The number of hydrogen-bond acceptors (Lipinski definition) is 5. The Hall–Kier alpha value is -2.77. The number of rotatable bonds is 4. The number of imide groups is 1. The van der Waals surface area contributed by atoms with E-state index in [1.54, 1.807) is 25.1 Å². The summed E-state index contributed by atoms with van der Waals surface area (Å²) in [5, 5.41) is 5.72. The highest BCUT2D eigenvalue weighted by molar-refractivity contribution is 6.09. The second-order valence-corrected chi connectivity index (χ2v) is 8.68. The molecular weight excluding hydrogens is 386 g/mol. The smallest absolute Gasteiger partial charge is 0.325 e. The van der Waals surface area contributed by atoms with Crippen LogP contribution in [0.4, 0.5) is 4.79 Å². The minimum atomic E-state index is -1.26. The Balaban J connectivity index is 1.45. The van der Waals surface area contributed by atoms with Gasteiger partial charge in [0, 0.05) is 12.5 Å². The number of carbonyl (C=O) groups is 3. The molecule has 2 N–H and O–H groups in total. The van der Waals surface area contributed by atoms with E-state index in [4.69, 9.17) is 9.47 Å². The minimum Gasteiger partial charge on any atom is -0.490 e. The number of benzene rings is 1. The average Bonchev–Trinajstić information content (AvgIpc) is 2.89. The SMILES string of the molecule is CC1CCC(NC(=O)CN2C(=O)NC(C)(c3ccc4c(c3)OCCCO4)C2=O)CC1. The Bertz CT molecular complexity index is 849. The zero-order chi connectivity index (χ0) is 21.3. The van der Waals surface area contributed by atoms with Gasteiger partial charge in [-0.25, -0.2) is 4.79 Å². The van der Waals surface area contributed by atoms with Crippen LogP contribution < -0.4 is 20.1 Å². The first-order valence-corrected chi connectivity index (χ1v) is 10.7. The molecule has 2 fully saturated rings. The van der Waals surface area contributed by atoms with Gasteiger partial charge in [0.1, 0.15) is 12.1 Å². The lowest BCUT2D eigenvalue weighted by Crippen LogP contribution is -2.46. The van der Waals surface area contributed by atoms with Crippen molar-refractivity contribution in [3.8, 4) is 11.5 Å². The molecule has 2 aliphatic heterocycles. The van der Waals surface area contributed by atoms with Gasteiger partial charge in [-0.05, 0) is 56.2 Å². The van der Waals surface area contributed by atoms with Gasteiger partial charge in [0.15, 0.2) is 11.5 Å². The summed E-state index contributed by atoms with van der Waals surface area (Å²) in [6.45, 7) is 4.68. The molecule has 0 aromatic heterocycles. The Morgan fingerprint density at radius 3 is 2.60 bits per heavy atom. The van der Waals surface area contributed by atoms with Crippen molar-refractivity contribution in [2.24, 2.45) is 5.92 Å². The first-order chi connectivity index (χ1) is 14.4. The van der Waals surface area contributed by atoms with Gasteiger partial charge in [-0.3, -0.25) is 14.5 Å². The van der Waals surface area contributed by atoms with Crippen molar-refractivity contribution in [1.29, 1.82) is 0 Å². The van der Waals surface area contributed by atoms with E-state index >= 15 is 0 Å². The van der Waals surface area contributed by atoms with Gasteiger partial charge in [-0.15, -0.1) is 0 Å². The number of urea groups is 1. The van der Waals surface area contributed by atoms with E-state index in [1.807, 2.05) is 0 Å². The van der Waals surface area contributed by atoms with Crippen molar-refractivity contribution in [2.75, 3.05) is 19.8 Å². The lowest BCUT2D eigenvalue weighted by atomic mass is 9.87. The fourth-order valence-corrected chi connectivity index (χ4v) is 4.33. The molecule has 2 heterocycles. The second kappa shape index (κ2) is 8.16. The summed E-state index contributed by atoms with van der Waals surface area (Å²) in [6.07, 6.45) is 4.80. The molecule has 1 aromatic rings. The number of amides is 4. The lowest BCUT2D eigenvalue weighted by molar-refractivity contribution is -0.135. The predicted octanol–water partition coefficient (Wildman–Crippen LogP) is 2.31. The van der Waals surface area contributed by atoms with E-state index < -0.39 is 17.5 Å². The third-order valence-corrected chi connectivity index (χ3v) is 6.28. The molecule has 0 spiro atoms. The van der Waals surface area contributed by atoms with Gasteiger partial charge in [0.2, 0.25) is 5.91 Å². The summed E-state index contributed by atoms with van der Waals surface area (Å²) in [5.74, 6) is 1.10.